The summed E-state index contributed by atoms with van der Waals surface area (Å²) in [6.45, 7) is 0.944. The predicted octanol–water partition coefficient (Wildman–Crippen LogP) is 0.465. The first-order chi connectivity index (χ1) is 6.52. The molecule has 0 aromatic rings. The van der Waals surface area contributed by atoms with Crippen molar-refractivity contribution in [1.82, 2.24) is 9.80 Å². The lowest BCUT2D eigenvalue weighted by Crippen LogP contribution is -2.42. The lowest BCUT2D eigenvalue weighted by molar-refractivity contribution is -0.134. The molecule has 1 N–H and O–H groups in total. The number of piperidine rings is 1. The van der Waals surface area contributed by atoms with E-state index in [2.05, 4.69) is 0 Å². The molecule has 80 valence electrons. The summed E-state index contributed by atoms with van der Waals surface area (Å²) < 4.78 is 0. The Morgan fingerprint density at radius 1 is 1.29 bits per heavy atom. The third-order valence-corrected chi connectivity index (χ3v) is 2.56. The van der Waals surface area contributed by atoms with Gasteiger partial charge in [0.2, 0.25) is 5.91 Å². The zero-order valence-corrected chi connectivity index (χ0v) is 8.56. The van der Waals surface area contributed by atoms with Crippen LogP contribution in [-0.2, 0) is 4.79 Å². The predicted molar refractivity (Wildman–Crippen MR) is 51.0 cm³/mol. The molecule has 1 aliphatic rings. The van der Waals surface area contributed by atoms with Crippen LogP contribution in [0, 0.1) is 5.92 Å². The van der Waals surface area contributed by atoms with Gasteiger partial charge in [0.25, 0.3) is 0 Å². The van der Waals surface area contributed by atoms with Crippen LogP contribution in [0.2, 0.25) is 0 Å². The van der Waals surface area contributed by atoms with Crippen molar-refractivity contribution < 1.29 is 14.7 Å². The summed E-state index contributed by atoms with van der Waals surface area (Å²) in [4.78, 5) is 25.1. The molecule has 1 heterocycles. The highest BCUT2D eigenvalue weighted by Crippen LogP contribution is 2.18. The van der Waals surface area contributed by atoms with Gasteiger partial charge >= 0.3 is 6.09 Å². The van der Waals surface area contributed by atoms with Crippen molar-refractivity contribution in [2.24, 2.45) is 5.92 Å². The standard InChI is InChI=1S/C9H16N2O3/c1-10(2)8(12)7-3-5-11(6-4-7)9(13)14/h7H,3-6H2,1-2H3,(H,13,14). The molecule has 5 heteroatoms. The summed E-state index contributed by atoms with van der Waals surface area (Å²) in [7, 11) is 3.46. The number of hydrogen-bond acceptors (Lipinski definition) is 2. The Labute approximate surface area is 83.3 Å². The van der Waals surface area contributed by atoms with Crippen LogP contribution in [-0.4, -0.2) is 54.1 Å². The molecule has 1 saturated heterocycles. The Morgan fingerprint density at radius 2 is 1.79 bits per heavy atom. The molecule has 1 aliphatic heterocycles. The maximum Gasteiger partial charge on any atom is 0.407 e. The van der Waals surface area contributed by atoms with Crippen LogP contribution in [0.3, 0.4) is 0 Å². The smallest absolute Gasteiger partial charge is 0.407 e. The second-order valence-electron chi connectivity index (χ2n) is 3.78. The van der Waals surface area contributed by atoms with Crippen LogP contribution in [0.25, 0.3) is 0 Å². The van der Waals surface area contributed by atoms with Crippen LogP contribution in [0.15, 0.2) is 0 Å². The number of nitrogens with zero attached hydrogens (tertiary/aromatic N) is 2. The first-order valence-corrected chi connectivity index (χ1v) is 4.71. The molecule has 1 rings (SSSR count). The average Bonchev–Trinajstić information content (AvgIpc) is 2.16. The van der Waals surface area contributed by atoms with Crippen molar-refractivity contribution in [2.75, 3.05) is 27.2 Å². The van der Waals surface area contributed by atoms with Gasteiger partial charge < -0.3 is 14.9 Å². The minimum Gasteiger partial charge on any atom is -0.465 e. The number of amides is 2. The Balaban J connectivity index is 2.43. The summed E-state index contributed by atoms with van der Waals surface area (Å²) in [5, 5.41) is 8.70. The lowest BCUT2D eigenvalue weighted by atomic mass is 9.96. The van der Waals surface area contributed by atoms with Crippen molar-refractivity contribution in [3.8, 4) is 0 Å². The lowest BCUT2D eigenvalue weighted by Gasteiger charge is -2.30. The normalized spacial score (nSPS) is 18.0. The van der Waals surface area contributed by atoms with Gasteiger partial charge in [0, 0.05) is 33.1 Å². The molecule has 0 spiro atoms. The number of carbonyl (C=O) groups excluding carboxylic acids is 1. The molecule has 0 bridgehead atoms. The van der Waals surface area contributed by atoms with E-state index in [1.54, 1.807) is 19.0 Å². The largest absolute Gasteiger partial charge is 0.465 e. The SMILES string of the molecule is CN(C)C(=O)C1CCN(C(=O)O)CC1. The maximum absolute atomic E-state index is 11.5. The van der Waals surface area contributed by atoms with Crippen LogP contribution < -0.4 is 0 Å². The third-order valence-electron chi connectivity index (χ3n) is 2.56. The first kappa shape index (κ1) is 10.8. The highest BCUT2D eigenvalue weighted by atomic mass is 16.4. The van der Waals surface area contributed by atoms with E-state index < -0.39 is 6.09 Å². The number of likely N-dealkylation sites (tertiary alicyclic amines) is 1. The molecule has 0 atom stereocenters. The van der Waals surface area contributed by atoms with E-state index in [4.69, 9.17) is 5.11 Å². The summed E-state index contributed by atoms with van der Waals surface area (Å²) in [5.41, 5.74) is 0. The van der Waals surface area contributed by atoms with E-state index in [9.17, 15) is 9.59 Å². The van der Waals surface area contributed by atoms with Gasteiger partial charge in [-0.3, -0.25) is 4.79 Å². The topological polar surface area (TPSA) is 60.9 Å². The average molecular weight is 200 g/mol. The Bertz CT molecular complexity index is 232. The van der Waals surface area contributed by atoms with Crippen molar-refractivity contribution >= 4 is 12.0 Å². The van der Waals surface area contributed by atoms with Crippen molar-refractivity contribution in [2.45, 2.75) is 12.8 Å². The molecule has 0 unspecified atom stereocenters. The van der Waals surface area contributed by atoms with E-state index in [0.717, 1.165) is 0 Å². The highest BCUT2D eigenvalue weighted by molar-refractivity contribution is 5.78. The minimum absolute atomic E-state index is 0.000556. The van der Waals surface area contributed by atoms with E-state index in [-0.39, 0.29) is 11.8 Å². The van der Waals surface area contributed by atoms with Crippen molar-refractivity contribution in [3.63, 3.8) is 0 Å². The van der Waals surface area contributed by atoms with E-state index in [1.807, 2.05) is 0 Å². The molecule has 0 aromatic heterocycles. The minimum atomic E-state index is -0.888. The number of hydrogen-bond donors (Lipinski definition) is 1. The van der Waals surface area contributed by atoms with Gasteiger partial charge in [0.1, 0.15) is 0 Å². The van der Waals surface area contributed by atoms with Crippen LogP contribution in [0.1, 0.15) is 12.8 Å². The number of carboxylic acid groups (broad SMARTS) is 1. The fourth-order valence-corrected chi connectivity index (χ4v) is 1.68. The fraction of sp³-hybridized carbons (Fsp3) is 0.778. The summed E-state index contributed by atoms with van der Waals surface area (Å²) in [6.07, 6.45) is 0.396. The molecular weight excluding hydrogens is 184 g/mol. The molecule has 0 aliphatic carbocycles. The third kappa shape index (κ3) is 2.37. The monoisotopic (exact) mass is 200 g/mol. The van der Waals surface area contributed by atoms with Gasteiger partial charge in [0.15, 0.2) is 0 Å². The van der Waals surface area contributed by atoms with Gasteiger partial charge in [-0.25, -0.2) is 4.79 Å². The zero-order valence-electron chi connectivity index (χ0n) is 8.56. The number of rotatable bonds is 1. The Morgan fingerprint density at radius 3 is 2.14 bits per heavy atom. The van der Waals surface area contributed by atoms with E-state index in [1.165, 1.54) is 4.90 Å². The molecule has 2 amide bonds. The summed E-state index contributed by atoms with van der Waals surface area (Å²) >= 11 is 0. The fourth-order valence-electron chi connectivity index (χ4n) is 1.68. The molecule has 0 aromatic carbocycles. The van der Waals surface area contributed by atoms with Gasteiger partial charge in [0.05, 0.1) is 0 Å². The second kappa shape index (κ2) is 4.30. The van der Waals surface area contributed by atoms with Crippen molar-refractivity contribution in [3.05, 3.63) is 0 Å². The zero-order chi connectivity index (χ0) is 10.7. The number of carbonyl (C=O) groups is 2. The van der Waals surface area contributed by atoms with Crippen LogP contribution in [0.5, 0.6) is 0 Å². The van der Waals surface area contributed by atoms with Gasteiger partial charge in [-0.1, -0.05) is 0 Å². The first-order valence-electron chi connectivity index (χ1n) is 4.71. The Hall–Kier alpha value is -1.26. The van der Waals surface area contributed by atoms with Crippen molar-refractivity contribution in [1.29, 1.82) is 0 Å². The molecule has 14 heavy (non-hydrogen) atoms. The van der Waals surface area contributed by atoms with Gasteiger partial charge in [-0.2, -0.15) is 0 Å². The molecule has 5 nitrogen and oxygen atoms in total. The van der Waals surface area contributed by atoms with Gasteiger partial charge in [-0.05, 0) is 12.8 Å². The molecule has 0 radical (unpaired) electrons. The molecular formula is C9H16N2O3. The van der Waals surface area contributed by atoms with E-state index in [0.29, 0.717) is 25.9 Å². The molecule has 0 saturated carbocycles. The van der Waals surface area contributed by atoms with Crippen LogP contribution >= 0.6 is 0 Å². The maximum atomic E-state index is 11.5. The summed E-state index contributed by atoms with van der Waals surface area (Å²) in [6, 6.07) is 0. The Kier molecular flexibility index (Phi) is 3.33. The second-order valence-corrected chi connectivity index (χ2v) is 3.78. The van der Waals surface area contributed by atoms with Crippen LogP contribution in [0.4, 0.5) is 4.79 Å². The highest BCUT2D eigenvalue weighted by Gasteiger charge is 2.27. The van der Waals surface area contributed by atoms with Gasteiger partial charge in [-0.15, -0.1) is 0 Å². The van der Waals surface area contributed by atoms with E-state index >= 15 is 0 Å². The summed E-state index contributed by atoms with van der Waals surface area (Å²) in [5.74, 6) is 0.107. The quantitative estimate of drug-likeness (QED) is 0.669. The molecule has 1 fully saturated rings.